The molecule has 2 aliphatic rings. The average molecular weight is 373 g/mol. The Bertz CT molecular complexity index is 985. The van der Waals surface area contributed by atoms with Gasteiger partial charge in [-0.1, -0.05) is 23.7 Å². The molecule has 8 heteroatoms. The van der Waals surface area contributed by atoms with Crippen molar-refractivity contribution in [2.75, 3.05) is 18.0 Å². The molecular formula is C18H10ClFN2O4. The van der Waals surface area contributed by atoms with Crippen LogP contribution in [0, 0.1) is 5.82 Å². The standard InChI is InChI=1S/C18H10ClFN2O4/c19-11-5-6-12(20)14-13(11)15(23)18(26)21(14)7-8-22-16(24)9-3-1-2-4-10(9)17(22)25/h1-6H,7-8H2. The molecule has 0 radical (unpaired) electrons. The Morgan fingerprint density at radius 3 is 2.00 bits per heavy atom. The van der Waals surface area contributed by atoms with Gasteiger partial charge in [-0.2, -0.15) is 0 Å². The lowest BCUT2D eigenvalue weighted by atomic mass is 10.1. The number of fused-ring (bicyclic) bond motifs is 2. The first-order valence-electron chi connectivity index (χ1n) is 7.71. The summed E-state index contributed by atoms with van der Waals surface area (Å²) in [5.41, 5.74) is 0.134. The molecule has 2 heterocycles. The van der Waals surface area contributed by atoms with Crippen molar-refractivity contribution in [2.45, 2.75) is 0 Å². The number of imide groups is 1. The van der Waals surface area contributed by atoms with Crippen molar-refractivity contribution in [1.82, 2.24) is 4.90 Å². The van der Waals surface area contributed by atoms with Gasteiger partial charge in [-0.05, 0) is 24.3 Å². The van der Waals surface area contributed by atoms with Crippen LogP contribution in [-0.4, -0.2) is 41.5 Å². The first-order valence-corrected chi connectivity index (χ1v) is 8.09. The van der Waals surface area contributed by atoms with Gasteiger partial charge in [0, 0.05) is 13.1 Å². The van der Waals surface area contributed by atoms with Crippen LogP contribution in [-0.2, 0) is 4.79 Å². The minimum absolute atomic E-state index is 0.0250. The van der Waals surface area contributed by atoms with E-state index in [0.29, 0.717) is 0 Å². The number of rotatable bonds is 3. The molecule has 0 spiro atoms. The zero-order valence-electron chi connectivity index (χ0n) is 13.2. The molecule has 2 aromatic carbocycles. The van der Waals surface area contributed by atoms with Crippen LogP contribution in [0.2, 0.25) is 5.02 Å². The second kappa shape index (κ2) is 5.74. The Kier molecular flexibility index (Phi) is 3.62. The van der Waals surface area contributed by atoms with Crippen molar-refractivity contribution in [2.24, 2.45) is 0 Å². The summed E-state index contributed by atoms with van der Waals surface area (Å²) in [4.78, 5) is 50.9. The third-order valence-corrected chi connectivity index (χ3v) is 4.75. The fraction of sp³-hybridized carbons (Fsp3) is 0.111. The van der Waals surface area contributed by atoms with Crippen molar-refractivity contribution in [3.8, 4) is 0 Å². The summed E-state index contributed by atoms with van der Waals surface area (Å²) in [6, 6.07) is 8.62. The lowest BCUT2D eigenvalue weighted by Crippen LogP contribution is -2.40. The van der Waals surface area contributed by atoms with Gasteiger partial charge in [0.1, 0.15) is 5.82 Å². The van der Waals surface area contributed by atoms with Crippen LogP contribution >= 0.6 is 11.6 Å². The summed E-state index contributed by atoms with van der Waals surface area (Å²) in [7, 11) is 0. The maximum absolute atomic E-state index is 14.2. The van der Waals surface area contributed by atoms with E-state index in [4.69, 9.17) is 11.6 Å². The minimum Gasteiger partial charge on any atom is -0.300 e. The molecule has 0 saturated heterocycles. The van der Waals surface area contributed by atoms with Crippen molar-refractivity contribution >= 4 is 40.8 Å². The van der Waals surface area contributed by atoms with Crippen molar-refractivity contribution < 1.29 is 23.6 Å². The SMILES string of the molecule is O=C1C(=O)N(CCN2C(=O)c3ccccc3C2=O)c2c(F)ccc(Cl)c21. The van der Waals surface area contributed by atoms with Crippen LogP contribution in [0.3, 0.4) is 0 Å². The monoisotopic (exact) mass is 372 g/mol. The molecular weight excluding hydrogens is 363 g/mol. The highest BCUT2D eigenvalue weighted by molar-refractivity contribution is 6.55. The Balaban J connectivity index is 1.62. The number of carbonyl (C=O) groups excluding carboxylic acids is 4. The highest BCUT2D eigenvalue weighted by Gasteiger charge is 2.41. The van der Waals surface area contributed by atoms with E-state index in [0.717, 1.165) is 15.9 Å². The van der Waals surface area contributed by atoms with Gasteiger partial charge in [0.15, 0.2) is 0 Å². The van der Waals surface area contributed by atoms with Crippen LogP contribution in [0.5, 0.6) is 0 Å². The van der Waals surface area contributed by atoms with Gasteiger partial charge in [-0.15, -0.1) is 0 Å². The second-order valence-corrected chi connectivity index (χ2v) is 6.25. The van der Waals surface area contributed by atoms with Gasteiger partial charge in [-0.3, -0.25) is 24.1 Å². The summed E-state index contributed by atoms with van der Waals surface area (Å²) in [6.45, 7) is -0.378. The van der Waals surface area contributed by atoms with Gasteiger partial charge < -0.3 is 4.90 Å². The molecule has 0 atom stereocenters. The van der Waals surface area contributed by atoms with Gasteiger partial charge in [-0.25, -0.2) is 4.39 Å². The Hall–Kier alpha value is -3.06. The van der Waals surface area contributed by atoms with E-state index in [1.54, 1.807) is 12.1 Å². The van der Waals surface area contributed by atoms with Gasteiger partial charge in [0.05, 0.1) is 27.4 Å². The zero-order valence-corrected chi connectivity index (χ0v) is 13.9. The largest absolute Gasteiger partial charge is 0.300 e. The molecule has 0 fully saturated rings. The molecule has 26 heavy (non-hydrogen) atoms. The predicted octanol–water partition coefficient (Wildman–Crippen LogP) is 2.30. The molecule has 4 rings (SSSR count). The lowest BCUT2D eigenvalue weighted by Gasteiger charge is -2.21. The van der Waals surface area contributed by atoms with Crippen LogP contribution in [0.25, 0.3) is 0 Å². The molecule has 0 unspecified atom stereocenters. The fourth-order valence-electron chi connectivity index (χ4n) is 3.21. The Labute approximate surface area is 151 Å². The number of halogens is 2. The molecule has 0 aromatic heterocycles. The van der Waals surface area contributed by atoms with Crippen molar-refractivity contribution in [3.05, 3.63) is 63.9 Å². The van der Waals surface area contributed by atoms with E-state index in [9.17, 15) is 23.6 Å². The van der Waals surface area contributed by atoms with Gasteiger partial charge in [0.2, 0.25) is 0 Å². The van der Waals surface area contributed by atoms with Gasteiger partial charge >= 0.3 is 0 Å². The summed E-state index contributed by atoms with van der Waals surface area (Å²) in [6.07, 6.45) is 0. The number of hydrogen-bond donors (Lipinski definition) is 0. The summed E-state index contributed by atoms with van der Waals surface area (Å²) in [5.74, 6) is -3.60. The van der Waals surface area contributed by atoms with E-state index < -0.39 is 29.3 Å². The number of anilines is 1. The molecule has 2 aliphatic heterocycles. The maximum atomic E-state index is 14.2. The predicted molar refractivity (Wildman–Crippen MR) is 89.9 cm³/mol. The molecule has 3 amide bonds. The zero-order chi connectivity index (χ0) is 18.6. The van der Waals surface area contributed by atoms with Crippen LogP contribution in [0.4, 0.5) is 10.1 Å². The van der Waals surface area contributed by atoms with Crippen LogP contribution < -0.4 is 4.90 Å². The number of hydrogen-bond acceptors (Lipinski definition) is 4. The number of amides is 3. The molecule has 0 aliphatic carbocycles. The topological polar surface area (TPSA) is 74.8 Å². The smallest absolute Gasteiger partial charge is 0.299 e. The Morgan fingerprint density at radius 1 is 0.808 bits per heavy atom. The van der Waals surface area contributed by atoms with Crippen molar-refractivity contribution in [3.63, 3.8) is 0 Å². The van der Waals surface area contributed by atoms with E-state index >= 15 is 0 Å². The van der Waals surface area contributed by atoms with Crippen LogP contribution in [0.1, 0.15) is 31.1 Å². The molecule has 0 N–H and O–H groups in total. The van der Waals surface area contributed by atoms with E-state index in [2.05, 4.69) is 0 Å². The van der Waals surface area contributed by atoms with Crippen LogP contribution in [0.15, 0.2) is 36.4 Å². The third kappa shape index (κ3) is 2.17. The van der Waals surface area contributed by atoms with Crippen molar-refractivity contribution in [1.29, 1.82) is 0 Å². The fourth-order valence-corrected chi connectivity index (χ4v) is 3.45. The average Bonchev–Trinajstić information content (AvgIpc) is 3.03. The first-order chi connectivity index (χ1) is 12.4. The normalized spacial score (nSPS) is 15.8. The number of ketones is 1. The maximum Gasteiger partial charge on any atom is 0.299 e. The molecule has 6 nitrogen and oxygen atoms in total. The highest BCUT2D eigenvalue weighted by Crippen LogP contribution is 2.36. The van der Waals surface area contributed by atoms with Gasteiger partial charge in [0.25, 0.3) is 23.5 Å². The quantitative estimate of drug-likeness (QED) is 0.612. The third-order valence-electron chi connectivity index (χ3n) is 4.44. The molecule has 0 saturated carbocycles. The number of nitrogens with zero attached hydrogens (tertiary/aromatic N) is 2. The van der Waals surface area contributed by atoms with E-state index in [1.165, 1.54) is 18.2 Å². The second-order valence-electron chi connectivity index (χ2n) is 5.85. The molecule has 0 bridgehead atoms. The summed E-state index contributed by atoms with van der Waals surface area (Å²) in [5, 5.41) is -0.0250. The molecule has 130 valence electrons. The summed E-state index contributed by atoms with van der Waals surface area (Å²) >= 11 is 5.92. The van der Waals surface area contributed by atoms with E-state index in [1.807, 2.05) is 0 Å². The minimum atomic E-state index is -0.941. The number of carbonyl (C=O) groups is 4. The summed E-state index contributed by atoms with van der Waals surface area (Å²) < 4.78 is 14.2. The molecule has 2 aromatic rings. The first kappa shape index (κ1) is 16.4. The number of benzene rings is 2. The lowest BCUT2D eigenvalue weighted by molar-refractivity contribution is -0.114. The van der Waals surface area contributed by atoms with E-state index in [-0.39, 0.29) is 40.5 Å². The number of Topliss-reactive ketones (excluding diaryl/α,β-unsaturated/α-hetero) is 1. The Morgan fingerprint density at radius 2 is 1.38 bits per heavy atom. The highest BCUT2D eigenvalue weighted by atomic mass is 35.5.